The second kappa shape index (κ2) is 6.13. The van der Waals surface area contributed by atoms with Crippen molar-refractivity contribution in [2.24, 2.45) is 0 Å². The summed E-state index contributed by atoms with van der Waals surface area (Å²) in [5.41, 5.74) is 0.337. The Hall–Kier alpha value is -1.44. The molecular formula is C14H22N4O3. The number of hydrogen-bond acceptors (Lipinski definition) is 6. The number of carbonyl (C=O) groups is 1. The lowest BCUT2D eigenvalue weighted by atomic mass is 10.1. The van der Waals surface area contributed by atoms with Crippen molar-refractivity contribution < 1.29 is 14.4 Å². The summed E-state index contributed by atoms with van der Waals surface area (Å²) in [7, 11) is 0. The molecule has 0 aromatic carbocycles. The lowest BCUT2D eigenvalue weighted by Crippen LogP contribution is -2.53. The van der Waals surface area contributed by atoms with Crippen molar-refractivity contribution in [3.05, 3.63) is 17.5 Å². The average Bonchev–Trinajstić information content (AvgIpc) is 2.92. The van der Waals surface area contributed by atoms with Crippen LogP contribution in [0, 0.1) is 0 Å². The number of nitrogens with zero attached hydrogens (tertiary/aromatic N) is 4. The number of hydrogen-bond donors (Lipinski definition) is 1. The van der Waals surface area contributed by atoms with Gasteiger partial charge >= 0.3 is 0 Å². The van der Waals surface area contributed by atoms with Crippen molar-refractivity contribution in [1.29, 1.82) is 0 Å². The van der Waals surface area contributed by atoms with Crippen LogP contribution in [0.25, 0.3) is 0 Å². The predicted octanol–water partition coefficient (Wildman–Crippen LogP) is -0.371. The third kappa shape index (κ3) is 3.25. The van der Waals surface area contributed by atoms with Crippen molar-refractivity contribution in [3.63, 3.8) is 0 Å². The van der Waals surface area contributed by atoms with E-state index in [0.717, 1.165) is 38.5 Å². The Morgan fingerprint density at radius 3 is 2.62 bits per heavy atom. The number of β-amino-alcohol motifs (C(OH)–C–C–N with tert-alkyl or cyclic N) is 1. The van der Waals surface area contributed by atoms with E-state index >= 15 is 0 Å². The SMILES string of the molecule is CCN1CCN(Cc2cc(C(=O)N3CC(O)C3)no2)CC1. The van der Waals surface area contributed by atoms with E-state index in [-0.39, 0.29) is 5.91 Å². The van der Waals surface area contributed by atoms with Gasteiger partial charge in [0.1, 0.15) is 0 Å². The molecule has 1 aromatic rings. The fraction of sp³-hybridized carbons (Fsp3) is 0.714. The average molecular weight is 294 g/mol. The minimum Gasteiger partial charge on any atom is -0.389 e. The number of aliphatic hydroxyl groups excluding tert-OH is 1. The van der Waals surface area contributed by atoms with Crippen LogP contribution in [0.5, 0.6) is 0 Å². The zero-order valence-corrected chi connectivity index (χ0v) is 12.4. The topological polar surface area (TPSA) is 73.0 Å². The Morgan fingerprint density at radius 1 is 1.33 bits per heavy atom. The molecule has 0 radical (unpaired) electrons. The summed E-state index contributed by atoms with van der Waals surface area (Å²) in [4.78, 5) is 18.3. The molecule has 2 aliphatic heterocycles. The van der Waals surface area contributed by atoms with Gasteiger partial charge in [0.15, 0.2) is 11.5 Å². The molecule has 3 heterocycles. The lowest BCUT2D eigenvalue weighted by Gasteiger charge is -2.35. The molecule has 0 saturated carbocycles. The van der Waals surface area contributed by atoms with Crippen molar-refractivity contribution >= 4 is 5.91 Å². The maximum atomic E-state index is 12.0. The van der Waals surface area contributed by atoms with Gasteiger partial charge in [-0.15, -0.1) is 0 Å². The van der Waals surface area contributed by atoms with Gasteiger partial charge in [-0.3, -0.25) is 9.69 Å². The van der Waals surface area contributed by atoms with E-state index in [1.807, 2.05) is 0 Å². The van der Waals surface area contributed by atoms with E-state index in [4.69, 9.17) is 4.52 Å². The molecule has 116 valence electrons. The van der Waals surface area contributed by atoms with Crippen LogP contribution in [0.2, 0.25) is 0 Å². The number of amides is 1. The largest absolute Gasteiger partial charge is 0.389 e. The molecule has 0 atom stereocenters. The van der Waals surface area contributed by atoms with Crippen molar-refractivity contribution in [3.8, 4) is 0 Å². The Balaban J connectivity index is 1.52. The van der Waals surface area contributed by atoms with E-state index in [1.165, 1.54) is 0 Å². The van der Waals surface area contributed by atoms with Crippen molar-refractivity contribution in [1.82, 2.24) is 19.9 Å². The number of rotatable bonds is 4. The highest BCUT2D eigenvalue weighted by Gasteiger charge is 2.31. The predicted molar refractivity (Wildman–Crippen MR) is 75.8 cm³/mol. The van der Waals surface area contributed by atoms with Gasteiger partial charge in [0.2, 0.25) is 0 Å². The summed E-state index contributed by atoms with van der Waals surface area (Å²) < 4.78 is 5.27. The quantitative estimate of drug-likeness (QED) is 0.817. The van der Waals surface area contributed by atoms with Crippen LogP contribution in [0.1, 0.15) is 23.2 Å². The lowest BCUT2D eigenvalue weighted by molar-refractivity contribution is 0.00524. The normalized spacial score (nSPS) is 21.5. The smallest absolute Gasteiger partial charge is 0.276 e. The summed E-state index contributed by atoms with van der Waals surface area (Å²) in [6, 6.07) is 1.72. The minimum atomic E-state index is -0.393. The van der Waals surface area contributed by atoms with Gasteiger partial charge < -0.3 is 19.4 Å². The van der Waals surface area contributed by atoms with E-state index in [1.54, 1.807) is 11.0 Å². The van der Waals surface area contributed by atoms with E-state index in [2.05, 4.69) is 21.9 Å². The van der Waals surface area contributed by atoms with Gasteiger partial charge in [0, 0.05) is 45.3 Å². The molecule has 7 nitrogen and oxygen atoms in total. The van der Waals surface area contributed by atoms with Gasteiger partial charge in [-0.25, -0.2) is 0 Å². The van der Waals surface area contributed by atoms with Crippen molar-refractivity contribution in [2.45, 2.75) is 19.6 Å². The zero-order chi connectivity index (χ0) is 14.8. The van der Waals surface area contributed by atoms with Crippen molar-refractivity contribution in [2.75, 3.05) is 45.8 Å². The Morgan fingerprint density at radius 2 is 2.00 bits per heavy atom. The first-order valence-corrected chi connectivity index (χ1v) is 7.53. The van der Waals surface area contributed by atoms with Gasteiger partial charge in [-0.1, -0.05) is 12.1 Å². The van der Waals surface area contributed by atoms with Gasteiger partial charge in [-0.2, -0.15) is 0 Å². The summed E-state index contributed by atoms with van der Waals surface area (Å²) in [6.45, 7) is 8.91. The number of likely N-dealkylation sites (tertiary alicyclic amines) is 1. The molecule has 2 saturated heterocycles. The third-order valence-electron chi connectivity index (χ3n) is 4.22. The highest BCUT2D eigenvalue weighted by atomic mass is 16.5. The standard InChI is InChI=1S/C14H22N4O3/c1-2-16-3-5-17(6-4-16)10-12-7-13(15-21-12)14(20)18-8-11(19)9-18/h7,11,19H,2-6,8-10H2,1H3. The second-order valence-electron chi connectivity index (χ2n) is 5.75. The van der Waals surface area contributed by atoms with E-state index in [0.29, 0.717) is 25.3 Å². The van der Waals surface area contributed by atoms with Crippen LogP contribution in [0.4, 0.5) is 0 Å². The molecule has 2 fully saturated rings. The number of aliphatic hydroxyl groups is 1. The van der Waals surface area contributed by atoms with Crippen LogP contribution < -0.4 is 0 Å². The number of likely N-dealkylation sites (N-methyl/N-ethyl adjacent to an activating group) is 1. The molecule has 2 aliphatic rings. The number of aromatic nitrogens is 1. The maximum absolute atomic E-state index is 12.0. The highest BCUT2D eigenvalue weighted by Crippen LogP contribution is 2.15. The van der Waals surface area contributed by atoms with E-state index < -0.39 is 6.10 Å². The van der Waals surface area contributed by atoms with Crippen LogP contribution in [-0.2, 0) is 6.54 Å². The summed E-state index contributed by atoms with van der Waals surface area (Å²) in [5, 5.41) is 13.1. The monoisotopic (exact) mass is 294 g/mol. The Labute approximate surface area is 124 Å². The fourth-order valence-electron chi connectivity index (χ4n) is 2.76. The molecule has 21 heavy (non-hydrogen) atoms. The Bertz CT molecular complexity index is 490. The van der Waals surface area contributed by atoms with Gasteiger partial charge in [0.05, 0.1) is 12.6 Å². The molecule has 0 unspecified atom stereocenters. The number of carbonyl (C=O) groups excluding carboxylic acids is 1. The van der Waals surface area contributed by atoms with Crippen LogP contribution in [-0.4, -0.2) is 82.8 Å². The molecule has 1 aromatic heterocycles. The summed E-state index contributed by atoms with van der Waals surface area (Å²) in [6.07, 6.45) is -0.393. The van der Waals surface area contributed by atoms with Gasteiger partial charge in [0.25, 0.3) is 5.91 Å². The summed E-state index contributed by atoms with van der Waals surface area (Å²) >= 11 is 0. The molecule has 0 aliphatic carbocycles. The maximum Gasteiger partial charge on any atom is 0.276 e. The van der Waals surface area contributed by atoms with Crippen LogP contribution >= 0.6 is 0 Å². The minimum absolute atomic E-state index is 0.161. The van der Waals surface area contributed by atoms with Crippen LogP contribution in [0.15, 0.2) is 10.6 Å². The molecule has 1 amide bonds. The molecule has 3 rings (SSSR count). The first kappa shape index (κ1) is 14.5. The highest BCUT2D eigenvalue weighted by molar-refractivity contribution is 5.92. The van der Waals surface area contributed by atoms with Gasteiger partial charge in [-0.05, 0) is 6.54 Å². The molecular weight excluding hydrogens is 272 g/mol. The van der Waals surface area contributed by atoms with Crippen LogP contribution in [0.3, 0.4) is 0 Å². The zero-order valence-electron chi connectivity index (χ0n) is 12.4. The first-order chi connectivity index (χ1) is 10.2. The fourth-order valence-corrected chi connectivity index (χ4v) is 2.76. The Kier molecular flexibility index (Phi) is 4.23. The first-order valence-electron chi connectivity index (χ1n) is 7.53. The molecule has 1 N–H and O–H groups in total. The molecule has 0 bridgehead atoms. The summed E-state index contributed by atoms with van der Waals surface area (Å²) in [5.74, 6) is 0.565. The number of piperazine rings is 1. The molecule has 0 spiro atoms. The molecule has 7 heteroatoms. The third-order valence-corrected chi connectivity index (χ3v) is 4.22. The van der Waals surface area contributed by atoms with E-state index in [9.17, 15) is 9.90 Å². The second-order valence-corrected chi connectivity index (χ2v) is 5.75.